The van der Waals surface area contributed by atoms with Gasteiger partial charge in [0.25, 0.3) is 0 Å². The minimum atomic E-state index is 0.173. The molecule has 2 heterocycles. The van der Waals surface area contributed by atoms with E-state index in [0.717, 1.165) is 18.6 Å². The Labute approximate surface area is 153 Å². The van der Waals surface area contributed by atoms with E-state index in [4.69, 9.17) is 4.98 Å². The van der Waals surface area contributed by atoms with Crippen LogP contribution >= 0.6 is 11.3 Å². The number of piperidine rings is 1. The summed E-state index contributed by atoms with van der Waals surface area (Å²) in [6.07, 6.45) is 2.40. The van der Waals surface area contributed by atoms with Crippen molar-refractivity contribution in [1.29, 1.82) is 0 Å². The largest absolute Gasteiger partial charge is 0.306 e. The molecule has 1 fully saturated rings. The number of rotatable bonds is 4. The normalized spacial score (nSPS) is 17.8. The predicted octanol–water partition coefficient (Wildman–Crippen LogP) is 4.38. The Kier molecular flexibility index (Phi) is 4.84. The van der Waals surface area contributed by atoms with Crippen LogP contribution in [0.2, 0.25) is 0 Å². The van der Waals surface area contributed by atoms with E-state index in [-0.39, 0.29) is 6.04 Å². The first-order valence-corrected chi connectivity index (χ1v) is 9.87. The number of aryl methyl sites for hydroxylation is 1. The van der Waals surface area contributed by atoms with Gasteiger partial charge < -0.3 is 10.2 Å². The molecule has 1 saturated heterocycles. The van der Waals surface area contributed by atoms with Crippen LogP contribution in [-0.2, 0) is 0 Å². The maximum atomic E-state index is 4.94. The van der Waals surface area contributed by atoms with Gasteiger partial charge in [0.15, 0.2) is 0 Å². The maximum absolute atomic E-state index is 4.94. The first kappa shape index (κ1) is 16.7. The van der Waals surface area contributed by atoms with Gasteiger partial charge in [0.1, 0.15) is 5.01 Å². The summed E-state index contributed by atoms with van der Waals surface area (Å²) >= 11 is 1.81. The van der Waals surface area contributed by atoms with Crippen molar-refractivity contribution < 1.29 is 0 Å². The van der Waals surface area contributed by atoms with E-state index < -0.39 is 0 Å². The average molecular weight is 352 g/mol. The topological polar surface area (TPSA) is 28.2 Å². The molecule has 4 rings (SSSR count). The third kappa shape index (κ3) is 3.76. The smallest absolute Gasteiger partial charge is 0.115 e. The Morgan fingerprint density at radius 2 is 1.80 bits per heavy atom. The third-order valence-electron chi connectivity index (χ3n) is 5.09. The minimum Gasteiger partial charge on any atom is -0.306 e. The van der Waals surface area contributed by atoms with Gasteiger partial charge in [-0.15, -0.1) is 11.3 Å². The Balaban J connectivity index is 1.66. The van der Waals surface area contributed by atoms with E-state index in [1.54, 1.807) is 0 Å². The second kappa shape index (κ2) is 7.24. The van der Waals surface area contributed by atoms with Crippen molar-refractivity contribution in [2.75, 3.05) is 20.1 Å². The first-order valence-electron chi connectivity index (χ1n) is 9.06. The number of hydrogen-bond donors (Lipinski definition) is 1. The highest BCUT2D eigenvalue weighted by atomic mass is 32.1. The van der Waals surface area contributed by atoms with Crippen LogP contribution < -0.4 is 5.32 Å². The SMILES string of the molecule is Cc1ccc(C(NC2CCN(C)CC2)c2nc3ccccc3s2)cc1. The lowest BCUT2D eigenvalue weighted by Crippen LogP contribution is -2.42. The standard InChI is InChI=1S/C21H25N3S/c1-15-7-9-16(10-8-15)20(22-17-11-13-24(2)14-12-17)21-23-18-5-3-4-6-19(18)25-21/h3-10,17,20,22H,11-14H2,1-2H3. The Hall–Kier alpha value is -1.75. The van der Waals surface area contributed by atoms with E-state index in [1.807, 2.05) is 11.3 Å². The highest BCUT2D eigenvalue weighted by Gasteiger charge is 2.24. The highest BCUT2D eigenvalue weighted by molar-refractivity contribution is 7.18. The second-order valence-corrected chi connectivity index (χ2v) is 8.17. The van der Waals surface area contributed by atoms with Crippen LogP contribution in [-0.4, -0.2) is 36.1 Å². The van der Waals surface area contributed by atoms with Gasteiger partial charge in [-0.1, -0.05) is 42.0 Å². The number of fused-ring (bicyclic) bond motifs is 1. The molecule has 1 aliphatic rings. The van der Waals surface area contributed by atoms with Crippen molar-refractivity contribution in [3.63, 3.8) is 0 Å². The molecule has 1 atom stereocenters. The number of hydrogen-bond acceptors (Lipinski definition) is 4. The number of nitrogens with zero attached hydrogens (tertiary/aromatic N) is 2. The van der Waals surface area contributed by atoms with Crippen LogP contribution in [0.4, 0.5) is 0 Å². The van der Waals surface area contributed by atoms with Crippen LogP contribution in [0.25, 0.3) is 10.2 Å². The van der Waals surface area contributed by atoms with Crippen LogP contribution in [0, 0.1) is 6.92 Å². The molecule has 1 aromatic heterocycles. The fraction of sp³-hybridized carbons (Fsp3) is 0.381. The van der Waals surface area contributed by atoms with E-state index >= 15 is 0 Å². The quantitative estimate of drug-likeness (QED) is 0.756. The van der Waals surface area contributed by atoms with Gasteiger partial charge in [-0.25, -0.2) is 4.98 Å². The number of benzene rings is 2. The Morgan fingerprint density at radius 3 is 2.52 bits per heavy atom. The summed E-state index contributed by atoms with van der Waals surface area (Å²) in [4.78, 5) is 7.35. The molecule has 130 valence electrons. The maximum Gasteiger partial charge on any atom is 0.115 e. The molecule has 0 spiro atoms. The molecule has 2 aromatic carbocycles. The summed E-state index contributed by atoms with van der Waals surface area (Å²) in [5.41, 5.74) is 3.71. The molecule has 3 aromatic rings. The molecule has 0 saturated carbocycles. The van der Waals surface area contributed by atoms with Crippen LogP contribution in [0.3, 0.4) is 0 Å². The number of likely N-dealkylation sites (tertiary alicyclic amines) is 1. The van der Waals surface area contributed by atoms with Gasteiger partial charge in [-0.05, 0) is 57.6 Å². The third-order valence-corrected chi connectivity index (χ3v) is 6.19. The fourth-order valence-corrected chi connectivity index (χ4v) is 4.55. The molecule has 0 radical (unpaired) electrons. The van der Waals surface area contributed by atoms with E-state index in [2.05, 4.69) is 72.7 Å². The molecule has 0 bridgehead atoms. The van der Waals surface area contributed by atoms with Crippen LogP contribution in [0.15, 0.2) is 48.5 Å². The number of para-hydroxylation sites is 1. The van der Waals surface area contributed by atoms with Gasteiger partial charge in [-0.2, -0.15) is 0 Å². The van der Waals surface area contributed by atoms with Crippen molar-refractivity contribution in [2.24, 2.45) is 0 Å². The minimum absolute atomic E-state index is 0.173. The zero-order valence-electron chi connectivity index (χ0n) is 14.9. The van der Waals surface area contributed by atoms with E-state index in [9.17, 15) is 0 Å². The fourth-order valence-electron chi connectivity index (χ4n) is 3.49. The lowest BCUT2D eigenvalue weighted by atomic mass is 10.0. The van der Waals surface area contributed by atoms with Gasteiger partial charge in [-0.3, -0.25) is 0 Å². The second-order valence-electron chi connectivity index (χ2n) is 7.11. The lowest BCUT2D eigenvalue weighted by molar-refractivity contribution is 0.229. The lowest BCUT2D eigenvalue weighted by Gasteiger charge is -2.32. The molecule has 0 amide bonds. The Bertz CT molecular complexity index is 799. The molecular formula is C21H25N3S. The predicted molar refractivity (Wildman–Crippen MR) is 106 cm³/mol. The highest BCUT2D eigenvalue weighted by Crippen LogP contribution is 2.31. The van der Waals surface area contributed by atoms with Gasteiger partial charge in [0.05, 0.1) is 16.3 Å². The zero-order valence-corrected chi connectivity index (χ0v) is 15.7. The van der Waals surface area contributed by atoms with Crippen LogP contribution in [0.5, 0.6) is 0 Å². The van der Waals surface area contributed by atoms with Gasteiger partial charge >= 0.3 is 0 Å². The molecule has 1 aliphatic heterocycles. The molecule has 4 heteroatoms. The summed E-state index contributed by atoms with van der Waals surface area (Å²) in [6, 6.07) is 18.0. The molecule has 1 N–H and O–H groups in total. The van der Waals surface area contributed by atoms with Crippen molar-refractivity contribution in [1.82, 2.24) is 15.2 Å². The molecule has 25 heavy (non-hydrogen) atoms. The zero-order chi connectivity index (χ0) is 17.2. The number of thiazole rings is 1. The van der Waals surface area contributed by atoms with Gasteiger partial charge in [0.2, 0.25) is 0 Å². The summed E-state index contributed by atoms with van der Waals surface area (Å²) in [5, 5.41) is 5.08. The number of aromatic nitrogens is 1. The monoisotopic (exact) mass is 351 g/mol. The first-order chi connectivity index (χ1) is 12.2. The molecule has 3 nitrogen and oxygen atoms in total. The Morgan fingerprint density at radius 1 is 1.08 bits per heavy atom. The molecular weight excluding hydrogens is 326 g/mol. The van der Waals surface area contributed by atoms with E-state index in [0.29, 0.717) is 6.04 Å². The number of nitrogens with one attached hydrogen (secondary N) is 1. The van der Waals surface area contributed by atoms with E-state index in [1.165, 1.54) is 33.7 Å². The van der Waals surface area contributed by atoms with Crippen molar-refractivity contribution in [3.8, 4) is 0 Å². The van der Waals surface area contributed by atoms with Gasteiger partial charge in [0, 0.05) is 6.04 Å². The molecule has 0 aliphatic carbocycles. The molecule has 1 unspecified atom stereocenters. The summed E-state index contributed by atoms with van der Waals surface area (Å²) in [5.74, 6) is 0. The summed E-state index contributed by atoms with van der Waals surface area (Å²) in [7, 11) is 2.21. The van der Waals surface area contributed by atoms with Crippen molar-refractivity contribution >= 4 is 21.6 Å². The average Bonchev–Trinajstić information content (AvgIpc) is 3.06. The summed E-state index contributed by atoms with van der Waals surface area (Å²) in [6.45, 7) is 4.47. The van der Waals surface area contributed by atoms with Crippen molar-refractivity contribution in [3.05, 3.63) is 64.7 Å². The summed E-state index contributed by atoms with van der Waals surface area (Å²) < 4.78 is 1.26. The van der Waals surface area contributed by atoms with Crippen molar-refractivity contribution in [2.45, 2.75) is 31.8 Å². The van der Waals surface area contributed by atoms with Crippen LogP contribution in [0.1, 0.15) is 35.0 Å².